The highest BCUT2D eigenvalue weighted by Crippen LogP contribution is 2.14. The Hall–Kier alpha value is -1.89. The Morgan fingerprint density at radius 1 is 1.32 bits per heavy atom. The second kappa shape index (κ2) is 7.52. The van der Waals surface area contributed by atoms with Gasteiger partial charge in [0.15, 0.2) is 0 Å². The summed E-state index contributed by atoms with van der Waals surface area (Å²) in [5, 5.41) is 15.1. The first-order valence-corrected chi connectivity index (χ1v) is 6.69. The zero-order chi connectivity index (χ0) is 14.3. The van der Waals surface area contributed by atoms with Crippen LogP contribution in [0.4, 0.5) is 4.79 Å². The van der Waals surface area contributed by atoms with E-state index in [2.05, 4.69) is 10.6 Å². The lowest BCUT2D eigenvalue weighted by Crippen LogP contribution is -2.38. The van der Waals surface area contributed by atoms with Crippen LogP contribution < -0.4 is 10.6 Å². The van der Waals surface area contributed by atoms with Gasteiger partial charge < -0.3 is 10.4 Å². The maximum Gasteiger partial charge on any atom is 0.321 e. The van der Waals surface area contributed by atoms with Gasteiger partial charge in [-0.1, -0.05) is 0 Å². The van der Waals surface area contributed by atoms with Gasteiger partial charge in [-0.15, -0.1) is 11.3 Å². The molecule has 0 aliphatic carbocycles. The number of hydrogen-bond donors (Lipinski definition) is 3. The average molecular weight is 284 g/mol. The van der Waals surface area contributed by atoms with Crippen molar-refractivity contribution in [2.24, 2.45) is 0 Å². The van der Waals surface area contributed by atoms with Crippen LogP contribution in [0.2, 0.25) is 0 Å². The van der Waals surface area contributed by atoms with Crippen molar-refractivity contribution in [3.05, 3.63) is 21.9 Å². The zero-order valence-electron chi connectivity index (χ0n) is 10.6. The number of carboxylic acids is 1. The molecule has 3 N–H and O–H groups in total. The number of aliphatic carboxylic acids is 1. The van der Waals surface area contributed by atoms with Gasteiger partial charge in [0.05, 0.1) is 6.54 Å². The van der Waals surface area contributed by atoms with Crippen LogP contribution in [0.3, 0.4) is 0 Å². The van der Waals surface area contributed by atoms with Crippen LogP contribution in [0.1, 0.15) is 29.7 Å². The van der Waals surface area contributed by atoms with E-state index in [1.807, 2.05) is 18.4 Å². The number of aryl methyl sites for hydroxylation is 1. The van der Waals surface area contributed by atoms with Crippen molar-refractivity contribution in [3.8, 4) is 0 Å². The molecule has 0 aliphatic rings. The second-order valence-corrected chi connectivity index (χ2v) is 5.01. The summed E-state index contributed by atoms with van der Waals surface area (Å²) in [4.78, 5) is 34.0. The Morgan fingerprint density at radius 2 is 2.05 bits per heavy atom. The van der Waals surface area contributed by atoms with Crippen LogP contribution in [0, 0.1) is 6.92 Å². The topological polar surface area (TPSA) is 95.5 Å². The zero-order valence-corrected chi connectivity index (χ0v) is 11.4. The summed E-state index contributed by atoms with van der Waals surface area (Å²) >= 11 is 1.53. The van der Waals surface area contributed by atoms with E-state index < -0.39 is 17.9 Å². The number of hydrogen-bond acceptors (Lipinski definition) is 4. The maximum atomic E-state index is 11.4. The van der Waals surface area contributed by atoms with Crippen molar-refractivity contribution < 1.29 is 19.5 Å². The molecule has 0 atom stereocenters. The number of amides is 3. The predicted molar refractivity (Wildman–Crippen MR) is 70.9 cm³/mol. The first-order chi connectivity index (χ1) is 8.99. The molecule has 1 aromatic rings. The molecule has 104 valence electrons. The number of imide groups is 1. The number of rotatable bonds is 6. The van der Waals surface area contributed by atoms with Gasteiger partial charge in [0.1, 0.15) is 0 Å². The minimum Gasteiger partial charge on any atom is -0.481 e. The number of urea groups is 1. The number of carbonyl (C=O) groups is 3. The molecule has 0 fully saturated rings. The molecular weight excluding hydrogens is 268 g/mol. The Balaban J connectivity index is 2.22. The molecule has 7 heteroatoms. The van der Waals surface area contributed by atoms with E-state index in [0.29, 0.717) is 6.54 Å². The lowest BCUT2D eigenvalue weighted by molar-refractivity contribution is -0.137. The molecule has 0 saturated carbocycles. The summed E-state index contributed by atoms with van der Waals surface area (Å²) in [6.07, 6.45) is 0.166. The molecule has 0 radical (unpaired) electrons. The van der Waals surface area contributed by atoms with E-state index in [4.69, 9.17) is 5.11 Å². The number of nitrogens with one attached hydrogen (secondary N) is 2. The largest absolute Gasteiger partial charge is 0.481 e. The van der Waals surface area contributed by atoms with Crippen molar-refractivity contribution in [2.45, 2.75) is 32.7 Å². The average Bonchev–Trinajstić information content (AvgIpc) is 2.71. The molecule has 0 bridgehead atoms. The summed E-state index contributed by atoms with van der Waals surface area (Å²) in [7, 11) is 0. The highest BCUT2D eigenvalue weighted by molar-refractivity contribution is 7.10. The molecule has 1 rings (SSSR count). The third-order valence-electron chi connectivity index (χ3n) is 2.43. The maximum absolute atomic E-state index is 11.4. The fourth-order valence-electron chi connectivity index (χ4n) is 1.38. The Kier molecular flexibility index (Phi) is 6.01. The van der Waals surface area contributed by atoms with Gasteiger partial charge >= 0.3 is 12.0 Å². The number of thiophene rings is 1. The molecule has 3 amide bonds. The predicted octanol–water partition coefficient (Wildman–Crippen LogP) is 1.64. The monoisotopic (exact) mass is 284 g/mol. The smallest absolute Gasteiger partial charge is 0.321 e. The highest BCUT2D eigenvalue weighted by Gasteiger charge is 2.09. The molecular formula is C12H16N2O4S. The van der Waals surface area contributed by atoms with Crippen LogP contribution in [0.15, 0.2) is 11.4 Å². The van der Waals surface area contributed by atoms with E-state index in [-0.39, 0.29) is 19.3 Å². The van der Waals surface area contributed by atoms with Gasteiger partial charge in [0, 0.05) is 17.7 Å². The molecule has 1 heterocycles. The lowest BCUT2D eigenvalue weighted by Gasteiger charge is -2.06. The van der Waals surface area contributed by atoms with Gasteiger partial charge in [-0.3, -0.25) is 14.9 Å². The summed E-state index contributed by atoms with van der Waals surface area (Å²) < 4.78 is 0. The Bertz CT molecular complexity index is 470. The summed E-state index contributed by atoms with van der Waals surface area (Å²) in [5.74, 6) is -1.42. The van der Waals surface area contributed by atoms with Crippen LogP contribution in [-0.2, 0) is 16.1 Å². The van der Waals surface area contributed by atoms with Crippen molar-refractivity contribution in [3.63, 3.8) is 0 Å². The highest BCUT2D eigenvalue weighted by atomic mass is 32.1. The minimum absolute atomic E-state index is 0.0255. The fraction of sp³-hybridized carbons (Fsp3) is 0.417. The van der Waals surface area contributed by atoms with Gasteiger partial charge in [-0.25, -0.2) is 4.79 Å². The third kappa shape index (κ3) is 6.01. The molecule has 0 spiro atoms. The quantitative estimate of drug-likeness (QED) is 0.740. The first-order valence-electron chi connectivity index (χ1n) is 5.81. The number of carboxylic acid groups (broad SMARTS) is 1. The number of carbonyl (C=O) groups excluding carboxylic acids is 2. The summed E-state index contributed by atoms with van der Waals surface area (Å²) in [6.45, 7) is 2.32. The molecule has 6 nitrogen and oxygen atoms in total. The molecule has 0 aromatic carbocycles. The summed E-state index contributed by atoms with van der Waals surface area (Å²) in [6, 6.07) is 1.39. The van der Waals surface area contributed by atoms with Crippen molar-refractivity contribution in [2.75, 3.05) is 0 Å². The van der Waals surface area contributed by atoms with Crippen molar-refractivity contribution >= 4 is 29.2 Å². The fourth-order valence-corrected chi connectivity index (χ4v) is 2.23. The molecule has 0 aliphatic heterocycles. The second-order valence-electron chi connectivity index (χ2n) is 4.00. The van der Waals surface area contributed by atoms with E-state index in [1.54, 1.807) is 0 Å². The van der Waals surface area contributed by atoms with Crippen LogP contribution in [0.25, 0.3) is 0 Å². The van der Waals surface area contributed by atoms with Crippen LogP contribution in [-0.4, -0.2) is 23.0 Å². The molecule has 0 unspecified atom stereocenters. The van der Waals surface area contributed by atoms with Gasteiger partial charge in [0.25, 0.3) is 0 Å². The molecule has 19 heavy (non-hydrogen) atoms. The van der Waals surface area contributed by atoms with Crippen LogP contribution >= 0.6 is 11.3 Å². The van der Waals surface area contributed by atoms with E-state index >= 15 is 0 Å². The standard InChI is InChI=1S/C12H16N2O4S/c1-8-5-6-19-9(8)7-13-12(18)14-10(15)3-2-4-11(16)17/h5-6H,2-4,7H2,1H3,(H,16,17)(H2,13,14,15,18). The third-order valence-corrected chi connectivity index (χ3v) is 3.45. The molecule has 1 aromatic heterocycles. The Labute approximate surface area is 114 Å². The lowest BCUT2D eigenvalue weighted by atomic mass is 10.2. The normalized spacial score (nSPS) is 9.95. The minimum atomic E-state index is -0.953. The van der Waals surface area contributed by atoms with E-state index in [9.17, 15) is 14.4 Å². The van der Waals surface area contributed by atoms with Crippen molar-refractivity contribution in [1.29, 1.82) is 0 Å². The first kappa shape index (κ1) is 15.2. The van der Waals surface area contributed by atoms with Gasteiger partial charge in [-0.05, 0) is 30.4 Å². The molecule has 0 saturated heterocycles. The van der Waals surface area contributed by atoms with Gasteiger partial charge in [0.2, 0.25) is 5.91 Å². The van der Waals surface area contributed by atoms with Crippen molar-refractivity contribution in [1.82, 2.24) is 10.6 Å². The summed E-state index contributed by atoms with van der Waals surface area (Å²) in [5.41, 5.74) is 1.10. The van der Waals surface area contributed by atoms with Gasteiger partial charge in [-0.2, -0.15) is 0 Å². The SMILES string of the molecule is Cc1ccsc1CNC(=O)NC(=O)CCCC(=O)O. The van der Waals surface area contributed by atoms with E-state index in [0.717, 1.165) is 10.4 Å². The van der Waals surface area contributed by atoms with Crippen LogP contribution in [0.5, 0.6) is 0 Å². The Morgan fingerprint density at radius 3 is 2.63 bits per heavy atom. The van der Waals surface area contributed by atoms with E-state index in [1.165, 1.54) is 11.3 Å².